The molecule has 0 aliphatic heterocycles. The molecule has 0 aromatic heterocycles. The van der Waals surface area contributed by atoms with E-state index >= 15 is 0 Å². The molecule has 15 heavy (non-hydrogen) atoms. The summed E-state index contributed by atoms with van der Waals surface area (Å²) in [6.07, 6.45) is 15.4. The van der Waals surface area contributed by atoms with Crippen LogP contribution in [-0.2, 0) is 0 Å². The Morgan fingerprint density at radius 2 is 1.73 bits per heavy atom. The zero-order valence-electron chi connectivity index (χ0n) is 10.3. The summed E-state index contributed by atoms with van der Waals surface area (Å²) in [6.45, 7) is 2.28. The first-order valence-electron chi connectivity index (χ1n) is 6.97. The van der Waals surface area contributed by atoms with Crippen LogP contribution in [0.1, 0.15) is 77.6 Å². The SMILES string of the molecule is CCCCCCCCC1CCCC(Cl)C1. The summed E-state index contributed by atoms with van der Waals surface area (Å²) in [6, 6.07) is 0. The van der Waals surface area contributed by atoms with Gasteiger partial charge in [-0.05, 0) is 18.8 Å². The molecule has 1 saturated carbocycles. The Hall–Kier alpha value is 0.290. The van der Waals surface area contributed by atoms with Crippen molar-refractivity contribution in [2.75, 3.05) is 0 Å². The van der Waals surface area contributed by atoms with Crippen LogP contribution in [0.3, 0.4) is 0 Å². The number of halogens is 1. The second kappa shape index (κ2) is 8.44. The largest absolute Gasteiger partial charge is 0.123 e. The van der Waals surface area contributed by atoms with Gasteiger partial charge in [0.15, 0.2) is 0 Å². The summed E-state index contributed by atoms with van der Waals surface area (Å²) in [5, 5.41) is 0.490. The molecule has 0 heterocycles. The molecule has 0 N–H and O–H groups in total. The van der Waals surface area contributed by atoms with Crippen molar-refractivity contribution in [3.63, 3.8) is 0 Å². The van der Waals surface area contributed by atoms with Gasteiger partial charge >= 0.3 is 0 Å². The molecule has 1 rings (SSSR count). The van der Waals surface area contributed by atoms with E-state index in [0.29, 0.717) is 5.38 Å². The predicted molar refractivity (Wildman–Crippen MR) is 69.6 cm³/mol. The Morgan fingerprint density at radius 1 is 1.00 bits per heavy atom. The lowest BCUT2D eigenvalue weighted by Gasteiger charge is -2.25. The molecular formula is C14H27Cl. The molecule has 2 atom stereocenters. The van der Waals surface area contributed by atoms with Crippen molar-refractivity contribution < 1.29 is 0 Å². The molecule has 0 bridgehead atoms. The highest BCUT2D eigenvalue weighted by atomic mass is 35.5. The minimum Gasteiger partial charge on any atom is -0.123 e. The molecule has 0 aromatic carbocycles. The minimum absolute atomic E-state index is 0.490. The van der Waals surface area contributed by atoms with Gasteiger partial charge in [-0.15, -0.1) is 11.6 Å². The topological polar surface area (TPSA) is 0 Å². The molecule has 0 saturated heterocycles. The van der Waals surface area contributed by atoms with Crippen molar-refractivity contribution >= 4 is 11.6 Å². The van der Waals surface area contributed by atoms with Gasteiger partial charge in [0.05, 0.1) is 0 Å². The predicted octanol–water partition coefficient (Wildman–Crippen LogP) is 5.53. The summed E-state index contributed by atoms with van der Waals surface area (Å²) >= 11 is 6.19. The number of hydrogen-bond acceptors (Lipinski definition) is 0. The maximum absolute atomic E-state index is 6.19. The quantitative estimate of drug-likeness (QED) is 0.398. The molecule has 1 heteroatoms. The molecule has 0 nitrogen and oxygen atoms in total. The van der Waals surface area contributed by atoms with Gasteiger partial charge in [0, 0.05) is 5.38 Å². The van der Waals surface area contributed by atoms with Crippen LogP contribution >= 0.6 is 11.6 Å². The summed E-state index contributed by atoms with van der Waals surface area (Å²) in [5.41, 5.74) is 0. The number of hydrogen-bond donors (Lipinski definition) is 0. The van der Waals surface area contributed by atoms with Gasteiger partial charge in [-0.3, -0.25) is 0 Å². The van der Waals surface area contributed by atoms with E-state index in [9.17, 15) is 0 Å². The first-order chi connectivity index (χ1) is 7.33. The third-order valence-electron chi connectivity index (χ3n) is 3.68. The lowest BCUT2D eigenvalue weighted by Crippen LogP contribution is -2.15. The molecule has 1 aliphatic carbocycles. The maximum Gasteiger partial charge on any atom is 0.0338 e. The van der Waals surface area contributed by atoms with E-state index in [-0.39, 0.29) is 0 Å². The van der Waals surface area contributed by atoms with E-state index in [1.165, 1.54) is 70.6 Å². The van der Waals surface area contributed by atoms with E-state index in [4.69, 9.17) is 11.6 Å². The van der Waals surface area contributed by atoms with Gasteiger partial charge in [-0.1, -0.05) is 64.7 Å². The number of alkyl halides is 1. The third kappa shape index (κ3) is 6.45. The zero-order valence-corrected chi connectivity index (χ0v) is 11.1. The Bertz CT molecular complexity index is 144. The van der Waals surface area contributed by atoms with Crippen molar-refractivity contribution in [1.29, 1.82) is 0 Å². The monoisotopic (exact) mass is 230 g/mol. The van der Waals surface area contributed by atoms with Crippen molar-refractivity contribution in [3.8, 4) is 0 Å². The van der Waals surface area contributed by atoms with Gasteiger partial charge in [-0.2, -0.15) is 0 Å². The van der Waals surface area contributed by atoms with E-state index in [0.717, 1.165) is 5.92 Å². The Morgan fingerprint density at radius 3 is 2.47 bits per heavy atom. The minimum atomic E-state index is 0.490. The van der Waals surface area contributed by atoms with Crippen LogP contribution in [0.2, 0.25) is 0 Å². The molecule has 0 amide bonds. The molecule has 0 spiro atoms. The van der Waals surface area contributed by atoms with E-state index in [1.807, 2.05) is 0 Å². The number of rotatable bonds is 7. The van der Waals surface area contributed by atoms with E-state index in [1.54, 1.807) is 0 Å². The van der Waals surface area contributed by atoms with Crippen LogP contribution in [0.25, 0.3) is 0 Å². The first-order valence-corrected chi connectivity index (χ1v) is 7.40. The molecule has 1 fully saturated rings. The second-order valence-electron chi connectivity index (χ2n) is 5.19. The average Bonchev–Trinajstić information content (AvgIpc) is 2.23. The normalized spacial score (nSPS) is 26.8. The van der Waals surface area contributed by atoms with Gasteiger partial charge in [0.1, 0.15) is 0 Å². The highest BCUT2D eigenvalue weighted by Gasteiger charge is 2.19. The fourth-order valence-electron chi connectivity index (χ4n) is 2.70. The molecule has 2 unspecified atom stereocenters. The molecule has 0 radical (unpaired) electrons. The number of unbranched alkanes of at least 4 members (excludes halogenated alkanes) is 5. The van der Waals surface area contributed by atoms with Crippen molar-refractivity contribution in [2.45, 2.75) is 82.9 Å². The Kier molecular flexibility index (Phi) is 7.52. The standard InChI is InChI=1S/C14H27Cl/c1-2-3-4-5-6-7-9-13-10-8-11-14(15)12-13/h13-14H,2-12H2,1H3. The lowest BCUT2D eigenvalue weighted by molar-refractivity contribution is 0.332. The summed E-state index contributed by atoms with van der Waals surface area (Å²) in [4.78, 5) is 0. The van der Waals surface area contributed by atoms with Crippen molar-refractivity contribution in [3.05, 3.63) is 0 Å². The van der Waals surface area contributed by atoms with Gasteiger partial charge < -0.3 is 0 Å². The maximum atomic E-state index is 6.19. The summed E-state index contributed by atoms with van der Waals surface area (Å²) in [7, 11) is 0. The van der Waals surface area contributed by atoms with Gasteiger partial charge in [-0.25, -0.2) is 0 Å². The third-order valence-corrected chi connectivity index (χ3v) is 4.08. The Labute approximate surface area is 101 Å². The second-order valence-corrected chi connectivity index (χ2v) is 5.80. The van der Waals surface area contributed by atoms with Crippen LogP contribution in [0.5, 0.6) is 0 Å². The van der Waals surface area contributed by atoms with Gasteiger partial charge in [0.25, 0.3) is 0 Å². The van der Waals surface area contributed by atoms with Crippen molar-refractivity contribution in [1.82, 2.24) is 0 Å². The summed E-state index contributed by atoms with van der Waals surface area (Å²) in [5.74, 6) is 0.951. The smallest absolute Gasteiger partial charge is 0.0338 e. The van der Waals surface area contributed by atoms with Crippen LogP contribution in [-0.4, -0.2) is 5.38 Å². The average molecular weight is 231 g/mol. The van der Waals surface area contributed by atoms with Crippen LogP contribution in [0, 0.1) is 5.92 Å². The highest BCUT2D eigenvalue weighted by molar-refractivity contribution is 6.20. The highest BCUT2D eigenvalue weighted by Crippen LogP contribution is 2.31. The molecule has 1 aliphatic rings. The first kappa shape index (κ1) is 13.4. The van der Waals surface area contributed by atoms with E-state index < -0.39 is 0 Å². The fraction of sp³-hybridized carbons (Fsp3) is 1.00. The molecule has 90 valence electrons. The zero-order chi connectivity index (χ0) is 10.9. The van der Waals surface area contributed by atoms with E-state index in [2.05, 4.69) is 6.92 Å². The lowest BCUT2D eigenvalue weighted by atomic mass is 9.85. The van der Waals surface area contributed by atoms with Crippen LogP contribution < -0.4 is 0 Å². The fourth-order valence-corrected chi connectivity index (χ4v) is 3.11. The Balaban J connectivity index is 1.90. The van der Waals surface area contributed by atoms with Crippen molar-refractivity contribution in [2.24, 2.45) is 5.92 Å². The molecular weight excluding hydrogens is 204 g/mol. The molecule has 0 aromatic rings. The summed E-state index contributed by atoms with van der Waals surface area (Å²) < 4.78 is 0. The van der Waals surface area contributed by atoms with Crippen LogP contribution in [0.15, 0.2) is 0 Å². The van der Waals surface area contributed by atoms with Gasteiger partial charge in [0.2, 0.25) is 0 Å². The van der Waals surface area contributed by atoms with Crippen LogP contribution in [0.4, 0.5) is 0 Å².